The molecule has 0 atom stereocenters. The van der Waals surface area contributed by atoms with E-state index in [2.05, 4.69) is 10.3 Å². The third-order valence-corrected chi connectivity index (χ3v) is 3.31. The van der Waals surface area contributed by atoms with Gasteiger partial charge in [0.25, 0.3) is 0 Å². The Morgan fingerprint density at radius 2 is 1.94 bits per heavy atom. The molecule has 1 aromatic carbocycles. The first kappa shape index (κ1) is 13.3. The maximum Gasteiger partial charge on any atom is 0.0827 e. The lowest BCUT2D eigenvalue weighted by atomic mass is 10.2. The topological polar surface area (TPSA) is 56.7 Å². The van der Waals surface area contributed by atoms with Crippen molar-refractivity contribution in [3.05, 3.63) is 45.7 Å². The zero-order valence-corrected chi connectivity index (χ0v) is 11.3. The molecule has 6 heteroatoms. The highest BCUT2D eigenvalue weighted by atomic mass is 35.5. The van der Waals surface area contributed by atoms with Crippen LogP contribution in [0.3, 0.4) is 0 Å². The molecule has 4 nitrogen and oxygen atoms in total. The Hall–Kier alpha value is -1.10. The molecule has 1 aromatic heterocycles. The van der Waals surface area contributed by atoms with Gasteiger partial charge in [-0.2, -0.15) is 0 Å². The molecule has 2 N–H and O–H groups in total. The van der Waals surface area contributed by atoms with E-state index >= 15 is 0 Å². The van der Waals surface area contributed by atoms with Crippen LogP contribution in [-0.4, -0.2) is 21.5 Å². The van der Waals surface area contributed by atoms with Crippen molar-refractivity contribution in [2.75, 3.05) is 6.54 Å². The van der Waals surface area contributed by atoms with Gasteiger partial charge in [-0.15, -0.1) is 5.10 Å². The fourth-order valence-corrected chi connectivity index (χ4v) is 2.18. The molecule has 0 spiro atoms. The molecule has 0 unspecified atom stereocenters. The van der Waals surface area contributed by atoms with E-state index in [-0.39, 0.29) is 0 Å². The summed E-state index contributed by atoms with van der Waals surface area (Å²) < 4.78 is 1.74. The number of aryl methyl sites for hydroxylation is 1. The number of aromatic nitrogens is 3. The molecule has 0 saturated carbocycles. The van der Waals surface area contributed by atoms with Crippen molar-refractivity contribution in [3.8, 4) is 0 Å². The fourth-order valence-electron chi connectivity index (χ4n) is 1.66. The van der Waals surface area contributed by atoms with Crippen LogP contribution in [-0.2, 0) is 13.0 Å². The monoisotopic (exact) mass is 284 g/mol. The highest BCUT2D eigenvalue weighted by Crippen LogP contribution is 2.24. The molecule has 0 saturated heterocycles. The molecular formula is C12H14Cl2N4. The van der Waals surface area contributed by atoms with Gasteiger partial charge >= 0.3 is 0 Å². The summed E-state index contributed by atoms with van der Waals surface area (Å²) in [5, 5.41) is 9.42. The Kier molecular flexibility index (Phi) is 4.58. The quantitative estimate of drug-likeness (QED) is 0.918. The van der Waals surface area contributed by atoms with Gasteiger partial charge < -0.3 is 5.73 Å². The molecule has 18 heavy (non-hydrogen) atoms. The Labute approximate surface area is 116 Å². The summed E-state index contributed by atoms with van der Waals surface area (Å²) in [6.45, 7) is 1.18. The first-order valence-electron chi connectivity index (χ1n) is 5.72. The molecule has 96 valence electrons. The van der Waals surface area contributed by atoms with E-state index in [1.807, 2.05) is 24.4 Å². The second-order valence-electron chi connectivity index (χ2n) is 4.00. The van der Waals surface area contributed by atoms with Crippen molar-refractivity contribution in [3.63, 3.8) is 0 Å². The maximum absolute atomic E-state index is 6.11. The third kappa shape index (κ3) is 3.22. The van der Waals surface area contributed by atoms with Crippen molar-refractivity contribution < 1.29 is 0 Å². The van der Waals surface area contributed by atoms with Gasteiger partial charge in [0.15, 0.2) is 0 Å². The number of nitrogens with zero attached hydrogens (tertiary/aromatic N) is 3. The molecule has 1 heterocycles. The predicted molar refractivity (Wildman–Crippen MR) is 73.0 cm³/mol. The molecule has 0 aliphatic carbocycles. The summed E-state index contributed by atoms with van der Waals surface area (Å²) in [5.41, 5.74) is 7.25. The van der Waals surface area contributed by atoms with Gasteiger partial charge in [0.05, 0.1) is 12.2 Å². The lowest BCUT2D eigenvalue weighted by Crippen LogP contribution is -2.02. The number of benzene rings is 1. The number of hydrogen-bond acceptors (Lipinski definition) is 3. The van der Waals surface area contributed by atoms with Gasteiger partial charge in [-0.05, 0) is 31.5 Å². The second kappa shape index (κ2) is 6.18. The van der Waals surface area contributed by atoms with E-state index in [1.54, 1.807) is 4.68 Å². The van der Waals surface area contributed by atoms with Crippen LogP contribution in [0.15, 0.2) is 24.4 Å². The predicted octanol–water partition coefficient (Wildman–Crippen LogP) is 2.52. The van der Waals surface area contributed by atoms with E-state index in [4.69, 9.17) is 28.9 Å². The van der Waals surface area contributed by atoms with Crippen molar-refractivity contribution in [2.24, 2.45) is 5.73 Å². The van der Waals surface area contributed by atoms with Crippen LogP contribution >= 0.6 is 23.2 Å². The van der Waals surface area contributed by atoms with Gasteiger partial charge in [-0.25, -0.2) is 4.68 Å². The smallest absolute Gasteiger partial charge is 0.0827 e. The largest absolute Gasteiger partial charge is 0.330 e. The molecule has 2 rings (SSSR count). The first-order valence-corrected chi connectivity index (χ1v) is 6.48. The van der Waals surface area contributed by atoms with E-state index in [0.717, 1.165) is 24.1 Å². The van der Waals surface area contributed by atoms with Crippen LogP contribution in [0.1, 0.15) is 17.7 Å². The molecule has 0 bridgehead atoms. The third-order valence-electron chi connectivity index (χ3n) is 2.60. The summed E-state index contributed by atoms with van der Waals surface area (Å²) in [4.78, 5) is 0. The average Bonchev–Trinajstić information content (AvgIpc) is 2.79. The molecule has 0 amide bonds. The average molecular weight is 285 g/mol. The Morgan fingerprint density at radius 3 is 2.61 bits per heavy atom. The summed E-state index contributed by atoms with van der Waals surface area (Å²) >= 11 is 12.2. The van der Waals surface area contributed by atoms with Crippen LogP contribution in [0.2, 0.25) is 10.0 Å². The maximum atomic E-state index is 6.11. The van der Waals surface area contributed by atoms with Crippen LogP contribution in [0.25, 0.3) is 0 Å². The van der Waals surface area contributed by atoms with Crippen molar-refractivity contribution in [1.82, 2.24) is 15.0 Å². The molecule has 0 fully saturated rings. The standard InChI is InChI=1S/C12H14Cl2N4/c13-11-4-1-5-12(14)10(11)8-18-7-9(16-17-18)3-2-6-15/h1,4-5,7H,2-3,6,8,15H2. The van der Waals surface area contributed by atoms with Gasteiger partial charge in [-0.1, -0.05) is 34.5 Å². The highest BCUT2D eigenvalue weighted by molar-refractivity contribution is 6.35. The summed E-state index contributed by atoms with van der Waals surface area (Å²) in [6.07, 6.45) is 3.65. The zero-order chi connectivity index (χ0) is 13.0. The first-order chi connectivity index (χ1) is 8.70. The molecule has 0 aliphatic heterocycles. The zero-order valence-electron chi connectivity index (χ0n) is 9.81. The van der Waals surface area contributed by atoms with Crippen LogP contribution in [0.4, 0.5) is 0 Å². The van der Waals surface area contributed by atoms with Gasteiger partial charge in [0, 0.05) is 21.8 Å². The minimum Gasteiger partial charge on any atom is -0.330 e. The molecule has 2 aromatic rings. The fraction of sp³-hybridized carbons (Fsp3) is 0.333. The number of nitrogens with two attached hydrogens (primary N) is 1. The van der Waals surface area contributed by atoms with Crippen molar-refractivity contribution in [2.45, 2.75) is 19.4 Å². The minimum absolute atomic E-state index is 0.522. The Balaban J connectivity index is 2.11. The van der Waals surface area contributed by atoms with Crippen LogP contribution in [0, 0.1) is 0 Å². The number of rotatable bonds is 5. The SMILES string of the molecule is NCCCc1cn(Cc2c(Cl)cccc2Cl)nn1. The normalized spacial score (nSPS) is 10.8. The number of hydrogen-bond donors (Lipinski definition) is 1. The van der Waals surface area contributed by atoms with E-state index < -0.39 is 0 Å². The molecular weight excluding hydrogens is 271 g/mol. The summed E-state index contributed by atoms with van der Waals surface area (Å²) in [6, 6.07) is 5.45. The van der Waals surface area contributed by atoms with Crippen molar-refractivity contribution >= 4 is 23.2 Å². The van der Waals surface area contributed by atoms with Crippen LogP contribution < -0.4 is 5.73 Å². The lowest BCUT2D eigenvalue weighted by molar-refractivity contribution is 0.649. The highest BCUT2D eigenvalue weighted by Gasteiger charge is 2.07. The van der Waals surface area contributed by atoms with Gasteiger partial charge in [0.2, 0.25) is 0 Å². The van der Waals surface area contributed by atoms with E-state index in [9.17, 15) is 0 Å². The van der Waals surface area contributed by atoms with Gasteiger partial charge in [0.1, 0.15) is 0 Å². The lowest BCUT2D eigenvalue weighted by Gasteiger charge is -2.05. The van der Waals surface area contributed by atoms with E-state index in [0.29, 0.717) is 23.1 Å². The van der Waals surface area contributed by atoms with Gasteiger partial charge in [-0.3, -0.25) is 0 Å². The Morgan fingerprint density at radius 1 is 1.22 bits per heavy atom. The molecule has 0 aliphatic rings. The summed E-state index contributed by atoms with van der Waals surface area (Å²) in [5.74, 6) is 0. The summed E-state index contributed by atoms with van der Waals surface area (Å²) in [7, 11) is 0. The number of halogens is 2. The second-order valence-corrected chi connectivity index (χ2v) is 4.81. The van der Waals surface area contributed by atoms with Crippen LogP contribution in [0.5, 0.6) is 0 Å². The van der Waals surface area contributed by atoms with E-state index in [1.165, 1.54) is 0 Å². The minimum atomic E-state index is 0.522. The Bertz CT molecular complexity index is 504. The molecule has 0 radical (unpaired) electrons. The van der Waals surface area contributed by atoms with Crippen molar-refractivity contribution in [1.29, 1.82) is 0 Å².